The maximum absolute atomic E-state index is 7.03. The molecule has 1 saturated heterocycles. The second kappa shape index (κ2) is 7.50. The number of aromatic nitrogens is 2. The molecule has 2 aromatic rings. The smallest absolute Gasteiger partial charge is 0.226 e. The van der Waals surface area contributed by atoms with Gasteiger partial charge in [-0.1, -0.05) is 13.8 Å². The Hall–Kier alpha value is -2.03. The number of morpholine rings is 1. The van der Waals surface area contributed by atoms with Crippen molar-refractivity contribution in [1.82, 2.24) is 14.9 Å². The fourth-order valence-electron chi connectivity index (χ4n) is 5.93. The van der Waals surface area contributed by atoms with Crippen molar-refractivity contribution in [3.8, 4) is 0 Å². The zero-order valence-electron chi connectivity index (χ0n) is 19.2. The van der Waals surface area contributed by atoms with Gasteiger partial charge in [0.05, 0.1) is 18.4 Å². The summed E-state index contributed by atoms with van der Waals surface area (Å²) in [6, 6.07) is 0. The normalized spacial score (nSPS) is 30.0. The van der Waals surface area contributed by atoms with Crippen molar-refractivity contribution < 1.29 is 9.15 Å². The molecule has 2 saturated carbocycles. The van der Waals surface area contributed by atoms with E-state index in [-0.39, 0.29) is 11.3 Å². The molecule has 2 atom stereocenters. The summed E-state index contributed by atoms with van der Waals surface area (Å²) in [4.78, 5) is 16.7. The third-order valence-corrected chi connectivity index (χ3v) is 7.88. The van der Waals surface area contributed by atoms with Crippen LogP contribution in [0.2, 0.25) is 0 Å². The lowest BCUT2D eigenvalue weighted by atomic mass is 9.64. The van der Waals surface area contributed by atoms with Gasteiger partial charge in [0.15, 0.2) is 11.4 Å². The van der Waals surface area contributed by atoms with E-state index in [0.29, 0.717) is 17.1 Å². The summed E-state index contributed by atoms with van der Waals surface area (Å²) in [6.07, 6.45) is 7.25. The van der Waals surface area contributed by atoms with Gasteiger partial charge in [0.1, 0.15) is 17.5 Å². The number of nitrogens with two attached hydrogens (primary N) is 1. The van der Waals surface area contributed by atoms with E-state index in [1.165, 1.54) is 12.0 Å². The van der Waals surface area contributed by atoms with E-state index in [0.717, 1.165) is 81.6 Å². The van der Waals surface area contributed by atoms with Gasteiger partial charge in [-0.2, -0.15) is 0 Å². The van der Waals surface area contributed by atoms with Crippen LogP contribution in [0.3, 0.4) is 0 Å². The minimum Gasteiger partial charge on any atom is -0.432 e. The zero-order chi connectivity index (χ0) is 21.9. The van der Waals surface area contributed by atoms with Crippen molar-refractivity contribution in [2.24, 2.45) is 28.0 Å². The molecule has 8 heteroatoms. The van der Waals surface area contributed by atoms with Crippen LogP contribution in [0.4, 0.5) is 5.82 Å². The molecule has 4 heterocycles. The van der Waals surface area contributed by atoms with Crippen molar-refractivity contribution in [2.45, 2.75) is 51.6 Å². The molecular weight excluding hydrogens is 404 g/mol. The monoisotopic (exact) mass is 438 g/mol. The number of hydrogen-bond acceptors (Lipinski definition) is 8. The molecule has 8 nitrogen and oxygen atoms in total. The summed E-state index contributed by atoms with van der Waals surface area (Å²) in [5, 5.41) is 4.56. The van der Waals surface area contributed by atoms with E-state index in [2.05, 4.69) is 34.0 Å². The van der Waals surface area contributed by atoms with Gasteiger partial charge in [-0.05, 0) is 49.0 Å². The zero-order valence-corrected chi connectivity index (χ0v) is 19.2. The van der Waals surface area contributed by atoms with Crippen molar-refractivity contribution in [3.05, 3.63) is 17.1 Å². The molecule has 6 rings (SSSR count). The lowest BCUT2D eigenvalue weighted by Gasteiger charge is -2.44. The SMILES string of the molecule is CC1(C)CCC2C(=c3c(oc4c(NCCN5CCOCC5)ncnc34)=NC2(N)C2CC2)C1. The van der Waals surface area contributed by atoms with Gasteiger partial charge >= 0.3 is 0 Å². The van der Waals surface area contributed by atoms with Gasteiger partial charge in [-0.15, -0.1) is 0 Å². The summed E-state index contributed by atoms with van der Waals surface area (Å²) in [6.45, 7) is 10.0. The van der Waals surface area contributed by atoms with Crippen molar-refractivity contribution >= 4 is 22.5 Å². The Morgan fingerprint density at radius 2 is 2.00 bits per heavy atom. The first-order valence-electron chi connectivity index (χ1n) is 12.1. The van der Waals surface area contributed by atoms with E-state index < -0.39 is 5.66 Å². The van der Waals surface area contributed by atoms with Gasteiger partial charge in [0, 0.05) is 32.1 Å². The number of ether oxygens (including phenoxy) is 1. The molecule has 0 aromatic carbocycles. The third kappa shape index (κ3) is 3.43. The summed E-state index contributed by atoms with van der Waals surface area (Å²) in [7, 11) is 0. The maximum Gasteiger partial charge on any atom is 0.226 e. The fourth-order valence-corrected chi connectivity index (χ4v) is 5.93. The molecule has 3 fully saturated rings. The molecule has 0 radical (unpaired) electrons. The molecule has 2 unspecified atom stereocenters. The van der Waals surface area contributed by atoms with E-state index in [1.807, 2.05) is 0 Å². The van der Waals surface area contributed by atoms with Crippen LogP contribution in [-0.2, 0) is 4.74 Å². The minimum absolute atomic E-state index is 0.251. The molecule has 32 heavy (non-hydrogen) atoms. The van der Waals surface area contributed by atoms with Crippen LogP contribution in [-0.4, -0.2) is 59.9 Å². The standard InChI is InChI=1S/C24H34N6O2/c1-23(2)6-5-17-16(13-23)18-19-20(32-22(18)29-24(17,25)15-3-4-15)21(28-14-27-19)26-7-8-30-9-11-31-12-10-30/h14-15,17H,3-13,25H2,1-2H3,(H,26,27,28). The molecule has 4 aliphatic rings. The number of anilines is 1. The van der Waals surface area contributed by atoms with Crippen LogP contribution in [0.1, 0.15) is 46.0 Å². The summed E-state index contributed by atoms with van der Waals surface area (Å²) in [5.74, 6) is 1.49. The van der Waals surface area contributed by atoms with E-state index in [1.54, 1.807) is 6.33 Å². The molecule has 3 N–H and O–H groups in total. The average Bonchev–Trinajstić information content (AvgIpc) is 3.56. The topological polar surface area (TPSA) is 102 Å². The first-order valence-corrected chi connectivity index (χ1v) is 12.1. The summed E-state index contributed by atoms with van der Waals surface area (Å²) < 4.78 is 11.8. The summed E-state index contributed by atoms with van der Waals surface area (Å²) >= 11 is 0. The lowest BCUT2D eigenvalue weighted by Crippen LogP contribution is -2.56. The first-order chi connectivity index (χ1) is 15.4. The highest BCUT2D eigenvalue weighted by Crippen LogP contribution is 2.53. The second-order valence-corrected chi connectivity index (χ2v) is 10.8. The Kier molecular flexibility index (Phi) is 4.82. The molecule has 2 aromatic heterocycles. The van der Waals surface area contributed by atoms with Gasteiger partial charge in [0.25, 0.3) is 0 Å². The largest absolute Gasteiger partial charge is 0.432 e. The van der Waals surface area contributed by atoms with Crippen LogP contribution in [0.15, 0.2) is 15.7 Å². The van der Waals surface area contributed by atoms with Gasteiger partial charge < -0.3 is 20.2 Å². The number of rotatable bonds is 5. The minimum atomic E-state index is -0.538. The van der Waals surface area contributed by atoms with Crippen molar-refractivity contribution in [1.29, 1.82) is 0 Å². The highest BCUT2D eigenvalue weighted by Gasteiger charge is 2.53. The first kappa shape index (κ1) is 20.6. The molecule has 0 bridgehead atoms. The van der Waals surface area contributed by atoms with Crippen molar-refractivity contribution in [3.63, 3.8) is 0 Å². The Morgan fingerprint density at radius 3 is 2.78 bits per heavy atom. The average molecular weight is 439 g/mol. The number of fused-ring (bicyclic) bond motifs is 4. The molecule has 0 spiro atoms. The van der Waals surface area contributed by atoms with Gasteiger partial charge in [-0.25, -0.2) is 15.0 Å². The molecule has 2 aliphatic heterocycles. The van der Waals surface area contributed by atoms with Crippen LogP contribution in [0.5, 0.6) is 0 Å². The Bertz CT molecular complexity index is 1150. The van der Waals surface area contributed by atoms with E-state index >= 15 is 0 Å². The maximum atomic E-state index is 7.03. The number of hydrogen-bond donors (Lipinski definition) is 2. The van der Waals surface area contributed by atoms with Gasteiger partial charge in [-0.3, -0.25) is 4.90 Å². The Labute approximate surface area is 188 Å². The predicted molar refractivity (Wildman–Crippen MR) is 123 cm³/mol. The second-order valence-electron chi connectivity index (χ2n) is 10.8. The third-order valence-electron chi connectivity index (χ3n) is 7.88. The highest BCUT2D eigenvalue weighted by atomic mass is 16.5. The number of nitrogens with one attached hydrogen (secondary N) is 1. The lowest BCUT2D eigenvalue weighted by molar-refractivity contribution is 0.0398. The summed E-state index contributed by atoms with van der Waals surface area (Å²) in [5.41, 5.74) is 10.4. The van der Waals surface area contributed by atoms with Crippen LogP contribution < -0.4 is 21.8 Å². The Morgan fingerprint density at radius 1 is 1.19 bits per heavy atom. The fraction of sp³-hybridized carbons (Fsp3) is 0.708. The van der Waals surface area contributed by atoms with Crippen LogP contribution >= 0.6 is 0 Å². The van der Waals surface area contributed by atoms with Crippen LogP contribution in [0, 0.1) is 17.3 Å². The quantitative estimate of drug-likeness (QED) is 0.732. The molecule has 0 amide bonds. The van der Waals surface area contributed by atoms with E-state index in [9.17, 15) is 0 Å². The number of furan rings is 1. The molecular formula is C24H34N6O2. The number of nitrogens with zero attached hydrogens (tertiary/aromatic N) is 4. The van der Waals surface area contributed by atoms with E-state index in [4.69, 9.17) is 19.9 Å². The molecule has 2 aliphatic carbocycles. The van der Waals surface area contributed by atoms with Crippen molar-refractivity contribution in [2.75, 3.05) is 44.7 Å². The van der Waals surface area contributed by atoms with Gasteiger partial charge in [0.2, 0.25) is 5.55 Å². The predicted octanol–water partition coefficient (Wildman–Crippen LogP) is 1.64. The Balaban J connectivity index is 1.40. The molecule has 172 valence electrons. The van der Waals surface area contributed by atoms with Crippen LogP contribution in [0.25, 0.3) is 16.7 Å². The highest BCUT2D eigenvalue weighted by molar-refractivity contribution is 5.85.